The highest BCUT2D eigenvalue weighted by molar-refractivity contribution is 5.77. The Morgan fingerprint density at radius 2 is 1.89 bits per heavy atom. The molecule has 1 fully saturated rings. The molecule has 1 N–H and O–H groups in total. The molecule has 1 heterocycles. The first-order chi connectivity index (χ1) is 13.5. The van der Waals surface area contributed by atoms with Gasteiger partial charge >= 0.3 is 0 Å². The van der Waals surface area contributed by atoms with Gasteiger partial charge in [-0.1, -0.05) is 30.7 Å². The van der Waals surface area contributed by atoms with Crippen molar-refractivity contribution in [2.75, 3.05) is 13.2 Å². The van der Waals surface area contributed by atoms with E-state index < -0.39 is 17.5 Å². The quantitative estimate of drug-likeness (QED) is 0.779. The normalized spacial score (nSPS) is 17.3. The van der Waals surface area contributed by atoms with Gasteiger partial charge in [-0.3, -0.25) is 9.69 Å². The number of piperidine rings is 1. The second kappa shape index (κ2) is 9.64. The molecular formula is C22H26F2N2O2. The number of carbonyl (C=O) groups is 1. The van der Waals surface area contributed by atoms with Gasteiger partial charge in [-0.05, 0) is 49.6 Å². The summed E-state index contributed by atoms with van der Waals surface area (Å²) in [6, 6.07) is 11.7. The van der Waals surface area contributed by atoms with Crippen molar-refractivity contribution in [3.05, 3.63) is 65.2 Å². The first kappa shape index (κ1) is 20.3. The smallest absolute Gasteiger partial charge is 0.258 e. The molecule has 1 saturated heterocycles. The third-order valence-electron chi connectivity index (χ3n) is 5.09. The lowest BCUT2D eigenvalue weighted by Gasteiger charge is -2.33. The number of nitrogens with one attached hydrogen (secondary N) is 1. The number of carbonyl (C=O) groups excluding carboxylic acids is 1. The van der Waals surface area contributed by atoms with Gasteiger partial charge in [-0.25, -0.2) is 8.78 Å². The molecule has 2 aromatic rings. The van der Waals surface area contributed by atoms with Crippen molar-refractivity contribution in [1.29, 1.82) is 0 Å². The minimum absolute atomic E-state index is 0.272. The van der Waals surface area contributed by atoms with Crippen LogP contribution in [0.15, 0.2) is 42.5 Å². The van der Waals surface area contributed by atoms with Gasteiger partial charge in [0.1, 0.15) is 5.82 Å². The summed E-state index contributed by atoms with van der Waals surface area (Å²) < 4.78 is 31.6. The van der Waals surface area contributed by atoms with E-state index in [1.807, 2.05) is 12.1 Å². The maximum absolute atomic E-state index is 13.5. The predicted octanol–water partition coefficient (Wildman–Crippen LogP) is 4.03. The average Bonchev–Trinajstić information content (AvgIpc) is 2.70. The summed E-state index contributed by atoms with van der Waals surface area (Å²) in [4.78, 5) is 14.4. The van der Waals surface area contributed by atoms with E-state index in [1.165, 1.54) is 24.8 Å². The molecule has 2 aromatic carbocycles. The Morgan fingerprint density at radius 3 is 2.64 bits per heavy atom. The highest BCUT2D eigenvalue weighted by Crippen LogP contribution is 2.19. The van der Waals surface area contributed by atoms with Crippen LogP contribution in [0, 0.1) is 11.6 Å². The van der Waals surface area contributed by atoms with Crippen molar-refractivity contribution in [3.63, 3.8) is 0 Å². The lowest BCUT2D eigenvalue weighted by Crippen LogP contribution is -2.36. The fourth-order valence-corrected chi connectivity index (χ4v) is 3.37. The van der Waals surface area contributed by atoms with Crippen LogP contribution in [-0.2, 0) is 17.9 Å². The number of benzene rings is 2. The minimum Gasteiger partial charge on any atom is -0.481 e. The van der Waals surface area contributed by atoms with Crippen LogP contribution >= 0.6 is 0 Å². The van der Waals surface area contributed by atoms with Crippen LogP contribution in [0.4, 0.5) is 8.78 Å². The number of nitrogens with zero attached hydrogens (tertiary/aromatic N) is 1. The summed E-state index contributed by atoms with van der Waals surface area (Å²) in [6.45, 7) is 4.35. The maximum atomic E-state index is 13.5. The molecule has 4 nitrogen and oxygen atoms in total. The molecule has 1 aliphatic heterocycles. The minimum atomic E-state index is -0.701. The summed E-state index contributed by atoms with van der Waals surface area (Å²) in [5.41, 5.74) is 2.23. The highest BCUT2D eigenvalue weighted by Gasteiger charge is 2.18. The van der Waals surface area contributed by atoms with Crippen LogP contribution in [0.2, 0.25) is 0 Å². The summed E-state index contributed by atoms with van der Waals surface area (Å²) >= 11 is 0. The second-order valence-corrected chi connectivity index (χ2v) is 7.27. The topological polar surface area (TPSA) is 41.6 Å². The standard InChI is InChI=1S/C22H26F2N2O2/c1-16-4-2-3-11-26(16)14-18-7-5-17(6-8-18)13-25-22(27)15-28-21-12-19(23)9-10-20(21)24/h5-10,12,16H,2-4,11,13-15H2,1H3,(H,25,27). The van der Waals surface area contributed by atoms with Gasteiger partial charge in [-0.2, -0.15) is 0 Å². The highest BCUT2D eigenvalue weighted by atomic mass is 19.1. The summed E-state index contributed by atoms with van der Waals surface area (Å²) in [5, 5.41) is 2.72. The molecule has 1 atom stereocenters. The molecule has 0 bridgehead atoms. The van der Waals surface area contributed by atoms with E-state index in [-0.39, 0.29) is 12.4 Å². The van der Waals surface area contributed by atoms with Gasteiger partial charge in [-0.15, -0.1) is 0 Å². The van der Waals surface area contributed by atoms with Crippen molar-refractivity contribution in [2.24, 2.45) is 0 Å². The lowest BCUT2D eigenvalue weighted by molar-refractivity contribution is -0.123. The van der Waals surface area contributed by atoms with Crippen molar-refractivity contribution in [3.8, 4) is 5.75 Å². The number of halogens is 2. The molecule has 0 spiro atoms. The molecular weight excluding hydrogens is 362 g/mol. The largest absolute Gasteiger partial charge is 0.481 e. The van der Waals surface area contributed by atoms with Crippen molar-refractivity contribution in [2.45, 2.75) is 45.3 Å². The molecule has 28 heavy (non-hydrogen) atoms. The SMILES string of the molecule is CC1CCCCN1Cc1ccc(CNC(=O)COc2cc(F)ccc2F)cc1. The molecule has 3 rings (SSSR count). The zero-order chi connectivity index (χ0) is 19.9. The Bertz CT molecular complexity index is 796. The fraction of sp³-hybridized carbons (Fsp3) is 0.409. The molecule has 1 unspecified atom stereocenters. The Balaban J connectivity index is 1.44. The fourth-order valence-electron chi connectivity index (χ4n) is 3.37. The van der Waals surface area contributed by atoms with E-state index in [0.29, 0.717) is 12.6 Å². The summed E-state index contributed by atoms with van der Waals surface area (Å²) in [6.07, 6.45) is 3.83. The molecule has 150 valence electrons. The van der Waals surface area contributed by atoms with Crippen LogP contribution in [0.1, 0.15) is 37.3 Å². The van der Waals surface area contributed by atoms with Crippen LogP contribution in [-0.4, -0.2) is 30.0 Å². The van der Waals surface area contributed by atoms with E-state index in [4.69, 9.17) is 4.74 Å². The van der Waals surface area contributed by atoms with Crippen molar-refractivity contribution >= 4 is 5.91 Å². The van der Waals surface area contributed by atoms with Gasteiger partial charge in [0.15, 0.2) is 18.2 Å². The molecule has 0 aromatic heterocycles. The van der Waals surface area contributed by atoms with Crippen LogP contribution in [0.5, 0.6) is 5.75 Å². The van der Waals surface area contributed by atoms with E-state index >= 15 is 0 Å². The van der Waals surface area contributed by atoms with E-state index in [0.717, 1.165) is 36.9 Å². The number of amides is 1. The molecule has 1 aliphatic rings. The number of hydrogen-bond acceptors (Lipinski definition) is 3. The average molecular weight is 388 g/mol. The Hall–Kier alpha value is -2.47. The van der Waals surface area contributed by atoms with Gasteiger partial charge in [0, 0.05) is 25.2 Å². The zero-order valence-electron chi connectivity index (χ0n) is 16.1. The Kier molecular flexibility index (Phi) is 6.98. The van der Waals surface area contributed by atoms with Crippen LogP contribution < -0.4 is 10.1 Å². The maximum Gasteiger partial charge on any atom is 0.258 e. The molecule has 0 saturated carbocycles. The van der Waals surface area contributed by atoms with E-state index in [2.05, 4.69) is 29.3 Å². The second-order valence-electron chi connectivity index (χ2n) is 7.27. The number of likely N-dealkylation sites (tertiary alicyclic amines) is 1. The van der Waals surface area contributed by atoms with E-state index in [9.17, 15) is 13.6 Å². The predicted molar refractivity (Wildman–Crippen MR) is 104 cm³/mol. The molecule has 6 heteroatoms. The summed E-state index contributed by atoms with van der Waals surface area (Å²) in [5.74, 6) is -1.98. The molecule has 0 radical (unpaired) electrons. The van der Waals surface area contributed by atoms with Crippen LogP contribution in [0.3, 0.4) is 0 Å². The Labute approximate surface area is 164 Å². The number of rotatable bonds is 7. The van der Waals surface area contributed by atoms with E-state index in [1.54, 1.807) is 0 Å². The van der Waals surface area contributed by atoms with Gasteiger partial charge in [0.2, 0.25) is 0 Å². The van der Waals surface area contributed by atoms with Gasteiger partial charge in [0.05, 0.1) is 0 Å². The number of ether oxygens (including phenoxy) is 1. The number of hydrogen-bond donors (Lipinski definition) is 1. The zero-order valence-corrected chi connectivity index (χ0v) is 16.1. The molecule has 0 aliphatic carbocycles. The first-order valence-corrected chi connectivity index (χ1v) is 9.67. The summed E-state index contributed by atoms with van der Waals surface area (Å²) in [7, 11) is 0. The van der Waals surface area contributed by atoms with Gasteiger partial charge < -0.3 is 10.1 Å². The molecule has 1 amide bonds. The third kappa shape index (κ3) is 5.76. The van der Waals surface area contributed by atoms with Crippen molar-refractivity contribution < 1.29 is 18.3 Å². The Morgan fingerprint density at radius 1 is 1.14 bits per heavy atom. The van der Waals surface area contributed by atoms with Crippen LogP contribution in [0.25, 0.3) is 0 Å². The lowest BCUT2D eigenvalue weighted by atomic mass is 10.0. The van der Waals surface area contributed by atoms with Crippen molar-refractivity contribution in [1.82, 2.24) is 10.2 Å². The first-order valence-electron chi connectivity index (χ1n) is 9.67. The third-order valence-corrected chi connectivity index (χ3v) is 5.09. The van der Waals surface area contributed by atoms with Gasteiger partial charge in [0.25, 0.3) is 5.91 Å². The monoisotopic (exact) mass is 388 g/mol.